The van der Waals surface area contributed by atoms with Crippen LogP contribution in [-0.2, 0) is 4.79 Å². The van der Waals surface area contributed by atoms with Crippen LogP contribution in [-0.4, -0.2) is 28.0 Å². The highest BCUT2D eigenvalue weighted by Crippen LogP contribution is 2.05. The summed E-state index contributed by atoms with van der Waals surface area (Å²) in [6.45, 7) is 3.58. The van der Waals surface area contributed by atoms with E-state index >= 15 is 0 Å². The van der Waals surface area contributed by atoms with Gasteiger partial charge in [-0.25, -0.2) is 0 Å². The molecule has 0 aromatic carbocycles. The summed E-state index contributed by atoms with van der Waals surface area (Å²) in [5, 5.41) is 11.4. The number of pyridine rings is 1. The van der Waals surface area contributed by atoms with Crippen molar-refractivity contribution in [3.8, 4) is 0 Å². The number of carbonyl (C=O) groups excluding carboxylic acids is 1. The molecule has 0 spiro atoms. The summed E-state index contributed by atoms with van der Waals surface area (Å²) in [5.41, 5.74) is 1.12. The molecule has 1 aromatic rings. The van der Waals surface area contributed by atoms with Crippen LogP contribution < -0.4 is 5.32 Å². The summed E-state index contributed by atoms with van der Waals surface area (Å²) in [6.07, 6.45) is 2.12. The van der Waals surface area contributed by atoms with Crippen molar-refractivity contribution in [2.75, 3.05) is 0 Å². The second-order valence-electron chi connectivity index (χ2n) is 3.81. The summed E-state index contributed by atoms with van der Waals surface area (Å²) >= 11 is 0. The zero-order valence-electron chi connectivity index (χ0n) is 9.93. The van der Waals surface area contributed by atoms with Gasteiger partial charge in [0.2, 0.25) is 0 Å². The molecule has 1 aromatic heterocycles. The van der Waals surface area contributed by atoms with Gasteiger partial charge >= 0.3 is 5.97 Å². The second-order valence-corrected chi connectivity index (χ2v) is 3.81. The number of carbonyl (C=O) groups is 2. The van der Waals surface area contributed by atoms with Gasteiger partial charge in [-0.05, 0) is 25.5 Å². The van der Waals surface area contributed by atoms with Crippen LogP contribution in [0.2, 0.25) is 0 Å². The fourth-order valence-corrected chi connectivity index (χ4v) is 1.50. The minimum absolute atomic E-state index is 0.0679. The molecule has 1 unspecified atom stereocenters. The van der Waals surface area contributed by atoms with Crippen molar-refractivity contribution in [2.24, 2.45) is 0 Å². The number of carboxylic acid groups (broad SMARTS) is 1. The van der Waals surface area contributed by atoms with Crippen LogP contribution in [0.1, 0.15) is 35.8 Å². The van der Waals surface area contributed by atoms with Gasteiger partial charge in [0, 0.05) is 17.9 Å². The van der Waals surface area contributed by atoms with E-state index in [1.165, 1.54) is 0 Å². The zero-order valence-corrected chi connectivity index (χ0v) is 9.93. The number of carboxylic acids is 1. The Kier molecular flexibility index (Phi) is 4.63. The number of nitrogens with one attached hydrogen (secondary N) is 1. The van der Waals surface area contributed by atoms with Crippen molar-refractivity contribution in [3.63, 3.8) is 0 Å². The molecule has 1 heterocycles. The van der Waals surface area contributed by atoms with E-state index in [4.69, 9.17) is 5.11 Å². The molecule has 1 amide bonds. The van der Waals surface area contributed by atoms with Gasteiger partial charge in [-0.15, -0.1) is 0 Å². The standard InChI is InChI=1S/C12H16N2O3/c1-3-9(7-11(15)16)14-12(17)10-5-4-6-13-8(10)2/h4-6,9H,3,7H2,1-2H3,(H,14,17)(H,15,16). The Hall–Kier alpha value is -1.91. The Labute approximate surface area is 99.9 Å². The first kappa shape index (κ1) is 13.2. The molecule has 0 radical (unpaired) electrons. The third-order valence-electron chi connectivity index (χ3n) is 2.50. The number of aryl methyl sites for hydroxylation is 1. The van der Waals surface area contributed by atoms with E-state index in [9.17, 15) is 9.59 Å². The normalized spacial score (nSPS) is 11.9. The molecule has 2 N–H and O–H groups in total. The lowest BCUT2D eigenvalue weighted by atomic mass is 10.1. The number of aromatic nitrogens is 1. The molecule has 1 rings (SSSR count). The van der Waals surface area contributed by atoms with Gasteiger partial charge in [0.25, 0.3) is 5.91 Å². The van der Waals surface area contributed by atoms with Crippen LogP contribution in [0.15, 0.2) is 18.3 Å². The fraction of sp³-hybridized carbons (Fsp3) is 0.417. The molecule has 0 aliphatic rings. The quantitative estimate of drug-likeness (QED) is 0.809. The lowest BCUT2D eigenvalue weighted by Crippen LogP contribution is -2.36. The topological polar surface area (TPSA) is 79.3 Å². The highest BCUT2D eigenvalue weighted by atomic mass is 16.4. The molecule has 5 heteroatoms. The van der Waals surface area contributed by atoms with E-state index in [1.54, 1.807) is 25.3 Å². The minimum Gasteiger partial charge on any atom is -0.481 e. The lowest BCUT2D eigenvalue weighted by Gasteiger charge is -2.15. The number of amides is 1. The number of hydrogen-bond acceptors (Lipinski definition) is 3. The first-order chi connectivity index (χ1) is 8.04. The minimum atomic E-state index is -0.917. The first-order valence-corrected chi connectivity index (χ1v) is 5.48. The SMILES string of the molecule is CCC(CC(=O)O)NC(=O)c1cccnc1C. The summed E-state index contributed by atoms with van der Waals surface area (Å²) in [6, 6.07) is 3.00. The zero-order chi connectivity index (χ0) is 12.8. The van der Waals surface area contributed by atoms with Gasteiger partial charge in [0.05, 0.1) is 12.0 Å². The van der Waals surface area contributed by atoms with Crippen molar-refractivity contribution in [2.45, 2.75) is 32.7 Å². The Bertz CT molecular complexity index is 418. The van der Waals surface area contributed by atoms with Gasteiger partial charge in [0.1, 0.15) is 0 Å². The Morgan fingerprint density at radius 1 is 1.53 bits per heavy atom. The van der Waals surface area contributed by atoms with Crippen molar-refractivity contribution < 1.29 is 14.7 Å². The van der Waals surface area contributed by atoms with E-state index < -0.39 is 5.97 Å². The fourth-order valence-electron chi connectivity index (χ4n) is 1.50. The number of hydrogen-bond donors (Lipinski definition) is 2. The number of nitrogens with zero attached hydrogens (tertiary/aromatic N) is 1. The Balaban J connectivity index is 2.71. The van der Waals surface area contributed by atoms with E-state index in [0.717, 1.165) is 0 Å². The van der Waals surface area contributed by atoms with Crippen molar-refractivity contribution in [1.82, 2.24) is 10.3 Å². The predicted octanol–water partition coefficient (Wildman–Crippen LogP) is 1.37. The van der Waals surface area contributed by atoms with Crippen LogP contribution in [0.4, 0.5) is 0 Å². The van der Waals surface area contributed by atoms with Crippen LogP contribution in [0, 0.1) is 6.92 Å². The van der Waals surface area contributed by atoms with Crippen molar-refractivity contribution >= 4 is 11.9 Å². The van der Waals surface area contributed by atoms with E-state index in [-0.39, 0.29) is 18.4 Å². The maximum absolute atomic E-state index is 11.9. The summed E-state index contributed by atoms with van der Waals surface area (Å²) in [5.74, 6) is -1.19. The third kappa shape index (κ3) is 3.86. The van der Waals surface area contributed by atoms with E-state index in [0.29, 0.717) is 17.7 Å². The molecule has 17 heavy (non-hydrogen) atoms. The maximum atomic E-state index is 11.9. The summed E-state index contributed by atoms with van der Waals surface area (Å²) in [7, 11) is 0. The first-order valence-electron chi connectivity index (χ1n) is 5.48. The maximum Gasteiger partial charge on any atom is 0.305 e. The molecular formula is C12H16N2O3. The molecule has 0 fully saturated rings. The average molecular weight is 236 g/mol. The highest BCUT2D eigenvalue weighted by molar-refractivity contribution is 5.95. The van der Waals surface area contributed by atoms with Gasteiger partial charge < -0.3 is 10.4 Å². The van der Waals surface area contributed by atoms with Gasteiger partial charge in [-0.1, -0.05) is 6.92 Å². The molecule has 5 nitrogen and oxygen atoms in total. The third-order valence-corrected chi connectivity index (χ3v) is 2.50. The molecule has 0 saturated heterocycles. The number of rotatable bonds is 5. The van der Waals surface area contributed by atoms with Crippen LogP contribution in [0.5, 0.6) is 0 Å². The van der Waals surface area contributed by atoms with E-state index in [1.807, 2.05) is 6.92 Å². The molecule has 92 valence electrons. The summed E-state index contributed by atoms with van der Waals surface area (Å²) < 4.78 is 0. The second kappa shape index (κ2) is 5.98. The lowest BCUT2D eigenvalue weighted by molar-refractivity contribution is -0.137. The molecule has 0 bridgehead atoms. The average Bonchev–Trinajstić information content (AvgIpc) is 2.27. The Morgan fingerprint density at radius 3 is 2.76 bits per heavy atom. The molecule has 0 aliphatic carbocycles. The van der Waals surface area contributed by atoms with E-state index in [2.05, 4.69) is 10.3 Å². The van der Waals surface area contributed by atoms with Crippen LogP contribution in [0.25, 0.3) is 0 Å². The monoisotopic (exact) mass is 236 g/mol. The highest BCUT2D eigenvalue weighted by Gasteiger charge is 2.16. The van der Waals surface area contributed by atoms with Crippen LogP contribution in [0.3, 0.4) is 0 Å². The van der Waals surface area contributed by atoms with Crippen molar-refractivity contribution in [3.05, 3.63) is 29.6 Å². The van der Waals surface area contributed by atoms with Gasteiger partial charge in [-0.3, -0.25) is 14.6 Å². The number of aliphatic carboxylic acids is 1. The molecular weight excluding hydrogens is 220 g/mol. The molecule has 0 saturated carbocycles. The van der Waals surface area contributed by atoms with Gasteiger partial charge in [0.15, 0.2) is 0 Å². The molecule has 1 atom stereocenters. The Morgan fingerprint density at radius 2 is 2.24 bits per heavy atom. The van der Waals surface area contributed by atoms with Crippen molar-refractivity contribution in [1.29, 1.82) is 0 Å². The van der Waals surface area contributed by atoms with Gasteiger partial charge in [-0.2, -0.15) is 0 Å². The largest absolute Gasteiger partial charge is 0.481 e. The predicted molar refractivity (Wildman–Crippen MR) is 62.8 cm³/mol. The summed E-state index contributed by atoms with van der Waals surface area (Å²) in [4.78, 5) is 26.5. The smallest absolute Gasteiger partial charge is 0.305 e. The van der Waals surface area contributed by atoms with Crippen LogP contribution >= 0.6 is 0 Å². The molecule has 0 aliphatic heterocycles.